The van der Waals surface area contributed by atoms with Crippen LogP contribution in [0.3, 0.4) is 0 Å². The van der Waals surface area contributed by atoms with Gasteiger partial charge in [0.2, 0.25) is 0 Å². The smallest absolute Gasteiger partial charge is 0.312 e. The minimum atomic E-state index is -0.871. The first-order valence-corrected chi connectivity index (χ1v) is 4.93. The van der Waals surface area contributed by atoms with Crippen LogP contribution in [0.5, 0.6) is 0 Å². The van der Waals surface area contributed by atoms with Crippen molar-refractivity contribution in [3.05, 3.63) is 24.3 Å². The molecule has 9 heteroatoms. The van der Waals surface area contributed by atoms with Crippen LogP contribution in [0.1, 0.15) is 17.4 Å². The van der Waals surface area contributed by atoms with Gasteiger partial charge < -0.3 is 11.1 Å². The van der Waals surface area contributed by atoms with Crippen LogP contribution in [0, 0.1) is 0 Å². The topological polar surface area (TPSA) is 139 Å². The third kappa shape index (κ3) is 4.04. The Labute approximate surface area is 102 Å². The predicted octanol–water partition coefficient (Wildman–Crippen LogP) is -1.71. The average Bonchev–Trinajstić information content (AvgIpc) is 2.35. The van der Waals surface area contributed by atoms with Gasteiger partial charge in [0.1, 0.15) is 11.7 Å². The maximum atomic E-state index is 11.5. The van der Waals surface area contributed by atoms with E-state index in [1.165, 1.54) is 25.5 Å². The van der Waals surface area contributed by atoms with Gasteiger partial charge in [-0.25, -0.2) is 9.78 Å². The number of nitrogens with zero attached hydrogens (tertiary/aromatic N) is 2. The van der Waals surface area contributed by atoms with Gasteiger partial charge in [0, 0.05) is 12.4 Å². The molecule has 0 aliphatic carbocycles. The second-order valence-corrected chi connectivity index (χ2v) is 3.26. The zero-order valence-electron chi connectivity index (χ0n) is 9.51. The fraction of sp³-hybridized carbons (Fsp3) is 0.222. The molecule has 5 N–H and O–H groups in total. The van der Waals surface area contributed by atoms with E-state index >= 15 is 0 Å². The molecule has 18 heavy (non-hydrogen) atoms. The number of rotatable bonds is 3. The Morgan fingerprint density at radius 1 is 1.28 bits per heavy atom. The molecule has 1 atom stereocenters. The van der Waals surface area contributed by atoms with Crippen LogP contribution < -0.4 is 21.9 Å². The number of carbonyl (C=O) groups is 3. The van der Waals surface area contributed by atoms with Crippen LogP contribution in [0.4, 0.5) is 4.79 Å². The van der Waals surface area contributed by atoms with Crippen LogP contribution in [-0.2, 0) is 4.79 Å². The fourth-order valence-electron chi connectivity index (χ4n) is 0.986. The third-order valence-electron chi connectivity index (χ3n) is 1.85. The number of hydrogen-bond acceptors (Lipinski definition) is 5. The number of hydrogen-bond donors (Lipinski definition) is 4. The Bertz CT molecular complexity index is 449. The van der Waals surface area contributed by atoms with Gasteiger partial charge in [-0.1, -0.05) is 0 Å². The van der Waals surface area contributed by atoms with Gasteiger partial charge in [-0.05, 0) is 6.92 Å². The molecule has 0 aliphatic heterocycles. The molecule has 0 fully saturated rings. The SMILES string of the molecule is CC(NC(N)=O)C(=O)NNC(=O)c1cnccn1. The predicted molar refractivity (Wildman–Crippen MR) is 59.8 cm³/mol. The first-order chi connectivity index (χ1) is 8.50. The lowest BCUT2D eigenvalue weighted by Crippen LogP contribution is -2.52. The number of aromatic nitrogens is 2. The molecular formula is C9H12N6O3. The summed E-state index contributed by atoms with van der Waals surface area (Å²) in [5.74, 6) is -1.24. The van der Waals surface area contributed by atoms with Crippen LogP contribution in [0.25, 0.3) is 0 Å². The highest BCUT2D eigenvalue weighted by atomic mass is 16.2. The van der Waals surface area contributed by atoms with Crippen LogP contribution >= 0.6 is 0 Å². The monoisotopic (exact) mass is 252 g/mol. The van der Waals surface area contributed by atoms with Gasteiger partial charge in [0.05, 0.1) is 6.20 Å². The molecule has 0 saturated heterocycles. The number of nitrogens with one attached hydrogen (secondary N) is 3. The minimum absolute atomic E-state index is 0.0494. The summed E-state index contributed by atoms with van der Waals surface area (Å²) in [5, 5.41) is 2.15. The van der Waals surface area contributed by atoms with Gasteiger partial charge in [0.15, 0.2) is 0 Å². The van der Waals surface area contributed by atoms with Gasteiger partial charge in [-0.2, -0.15) is 0 Å². The van der Waals surface area contributed by atoms with Crippen molar-refractivity contribution in [2.24, 2.45) is 5.73 Å². The molecule has 0 saturated carbocycles. The highest BCUT2D eigenvalue weighted by Gasteiger charge is 2.15. The molecular weight excluding hydrogens is 240 g/mol. The molecule has 0 radical (unpaired) electrons. The van der Waals surface area contributed by atoms with Gasteiger partial charge in [-0.3, -0.25) is 25.4 Å². The van der Waals surface area contributed by atoms with E-state index in [1.54, 1.807) is 0 Å². The number of primary amides is 1. The molecule has 0 aromatic carbocycles. The summed E-state index contributed by atoms with van der Waals surface area (Å²) in [6.07, 6.45) is 3.99. The normalized spacial score (nSPS) is 11.2. The summed E-state index contributed by atoms with van der Waals surface area (Å²) >= 11 is 0. The molecule has 1 unspecified atom stereocenters. The highest BCUT2D eigenvalue weighted by molar-refractivity contribution is 5.94. The highest BCUT2D eigenvalue weighted by Crippen LogP contribution is 1.88. The van der Waals surface area contributed by atoms with E-state index in [9.17, 15) is 14.4 Å². The summed E-state index contributed by atoms with van der Waals surface area (Å²) in [6, 6.07) is -1.71. The third-order valence-corrected chi connectivity index (χ3v) is 1.85. The molecule has 0 bridgehead atoms. The number of urea groups is 1. The van der Waals surface area contributed by atoms with Crippen molar-refractivity contribution >= 4 is 17.8 Å². The van der Waals surface area contributed by atoms with E-state index in [0.29, 0.717) is 0 Å². The summed E-state index contributed by atoms with van der Waals surface area (Å²) in [6.45, 7) is 1.41. The first kappa shape index (κ1) is 13.4. The standard InChI is InChI=1S/C9H12N6O3/c1-5(13-9(10)18)7(16)14-15-8(17)6-4-11-2-3-12-6/h2-5H,1H3,(H,14,16)(H,15,17)(H3,10,13,18). The van der Waals surface area contributed by atoms with Crippen molar-refractivity contribution in [1.29, 1.82) is 0 Å². The second-order valence-electron chi connectivity index (χ2n) is 3.26. The van der Waals surface area contributed by atoms with Crippen molar-refractivity contribution in [1.82, 2.24) is 26.1 Å². The molecule has 0 aliphatic rings. The number of hydrazine groups is 1. The fourth-order valence-corrected chi connectivity index (χ4v) is 0.986. The molecule has 0 spiro atoms. The molecule has 1 rings (SSSR count). The van der Waals surface area contributed by atoms with E-state index < -0.39 is 23.9 Å². The van der Waals surface area contributed by atoms with Crippen molar-refractivity contribution in [3.8, 4) is 0 Å². The quantitative estimate of drug-likeness (QED) is 0.474. The molecule has 96 valence electrons. The lowest BCUT2D eigenvalue weighted by Gasteiger charge is -2.12. The van der Waals surface area contributed by atoms with Crippen LogP contribution in [0.15, 0.2) is 18.6 Å². The molecule has 1 aromatic heterocycles. The van der Waals surface area contributed by atoms with Gasteiger partial charge in [0.25, 0.3) is 11.8 Å². The Morgan fingerprint density at radius 3 is 2.56 bits per heavy atom. The summed E-state index contributed by atoms with van der Waals surface area (Å²) < 4.78 is 0. The van der Waals surface area contributed by atoms with Crippen molar-refractivity contribution in [2.75, 3.05) is 0 Å². The summed E-state index contributed by atoms with van der Waals surface area (Å²) in [7, 11) is 0. The molecule has 9 nitrogen and oxygen atoms in total. The van der Waals surface area contributed by atoms with Gasteiger partial charge >= 0.3 is 6.03 Å². The molecule has 1 heterocycles. The zero-order chi connectivity index (χ0) is 13.5. The maximum Gasteiger partial charge on any atom is 0.312 e. The first-order valence-electron chi connectivity index (χ1n) is 4.93. The van der Waals surface area contributed by atoms with E-state index in [1.807, 2.05) is 0 Å². The lowest BCUT2D eigenvalue weighted by atomic mass is 10.3. The van der Waals surface area contributed by atoms with Crippen molar-refractivity contribution < 1.29 is 14.4 Å². The zero-order valence-corrected chi connectivity index (χ0v) is 9.51. The Kier molecular flexibility index (Phi) is 4.55. The number of amides is 4. The van der Waals surface area contributed by atoms with E-state index in [4.69, 9.17) is 5.73 Å². The Morgan fingerprint density at radius 2 is 2.00 bits per heavy atom. The summed E-state index contributed by atoms with van der Waals surface area (Å²) in [5.41, 5.74) is 9.12. The molecule has 1 aromatic rings. The largest absolute Gasteiger partial charge is 0.352 e. The second kappa shape index (κ2) is 6.13. The van der Waals surface area contributed by atoms with E-state index in [2.05, 4.69) is 26.1 Å². The van der Waals surface area contributed by atoms with Crippen molar-refractivity contribution in [3.63, 3.8) is 0 Å². The van der Waals surface area contributed by atoms with E-state index in [0.717, 1.165) is 0 Å². The van der Waals surface area contributed by atoms with E-state index in [-0.39, 0.29) is 5.69 Å². The Balaban J connectivity index is 2.44. The van der Waals surface area contributed by atoms with Gasteiger partial charge in [-0.15, -0.1) is 0 Å². The minimum Gasteiger partial charge on any atom is -0.352 e. The Hall–Kier alpha value is -2.71. The molecule has 4 amide bonds. The lowest BCUT2D eigenvalue weighted by molar-refractivity contribution is -0.123. The maximum absolute atomic E-state index is 11.5. The summed E-state index contributed by atoms with van der Waals surface area (Å²) in [4.78, 5) is 40.8. The van der Waals surface area contributed by atoms with Crippen LogP contribution in [0.2, 0.25) is 0 Å². The number of nitrogens with two attached hydrogens (primary N) is 1. The van der Waals surface area contributed by atoms with Crippen molar-refractivity contribution in [2.45, 2.75) is 13.0 Å². The van der Waals surface area contributed by atoms with Crippen LogP contribution in [-0.4, -0.2) is 33.9 Å². The average molecular weight is 252 g/mol. The number of carbonyl (C=O) groups excluding carboxylic acids is 3.